The number of nitrogens with one attached hydrogen (secondary N) is 1. The van der Waals surface area contributed by atoms with Crippen LogP contribution < -0.4 is 4.72 Å². The number of benzene rings is 2. The molecule has 1 N–H and O–H groups in total. The largest absolute Gasteiger partial charge is 0.330 e. The molecule has 0 radical (unpaired) electrons. The third-order valence-electron chi connectivity index (χ3n) is 3.66. The van der Waals surface area contributed by atoms with E-state index in [9.17, 15) is 18.5 Å². The number of nitro groups is 1. The van der Waals surface area contributed by atoms with Crippen LogP contribution in [0.2, 0.25) is 0 Å². The van der Waals surface area contributed by atoms with Gasteiger partial charge in [0.1, 0.15) is 5.82 Å². The summed E-state index contributed by atoms with van der Waals surface area (Å²) >= 11 is 0. The van der Waals surface area contributed by atoms with Gasteiger partial charge in [-0.3, -0.25) is 10.1 Å². The molecule has 0 saturated carbocycles. The predicted molar refractivity (Wildman–Crippen MR) is 87.8 cm³/mol. The molecular weight excluding hydrogens is 332 g/mol. The van der Waals surface area contributed by atoms with Crippen LogP contribution in [0, 0.1) is 10.1 Å². The number of fused-ring (bicyclic) bond motifs is 1. The first-order valence-electron chi connectivity index (χ1n) is 7.03. The molecule has 0 unspecified atom stereocenters. The monoisotopic (exact) mass is 346 g/mol. The Bertz CT molecular complexity index is 1010. The summed E-state index contributed by atoms with van der Waals surface area (Å²) in [5, 5.41) is 10.6. The van der Waals surface area contributed by atoms with Gasteiger partial charge in [-0.25, -0.2) is 18.1 Å². The average Bonchev–Trinajstić information content (AvgIpc) is 2.90. The van der Waals surface area contributed by atoms with Crippen LogP contribution in [0.5, 0.6) is 0 Å². The standard InChI is InChI=1S/C15H14N4O4S/c1-18-14-5-3-2-4-13(14)17-15(18)10-16-24(22,23)12-8-6-11(7-9-12)19(20)21/h2-9,16H,10H2,1H3. The van der Waals surface area contributed by atoms with Crippen molar-refractivity contribution in [1.29, 1.82) is 0 Å². The smallest absolute Gasteiger partial charge is 0.269 e. The summed E-state index contributed by atoms with van der Waals surface area (Å²) in [5.41, 5.74) is 1.52. The third kappa shape index (κ3) is 2.99. The number of aryl methyl sites for hydroxylation is 1. The number of aromatic nitrogens is 2. The second kappa shape index (κ2) is 6.02. The van der Waals surface area contributed by atoms with Crippen LogP contribution in [-0.2, 0) is 23.6 Å². The van der Waals surface area contributed by atoms with Gasteiger partial charge in [0.05, 0.1) is 27.4 Å². The lowest BCUT2D eigenvalue weighted by molar-refractivity contribution is -0.384. The van der Waals surface area contributed by atoms with Gasteiger partial charge in [0.2, 0.25) is 10.0 Å². The van der Waals surface area contributed by atoms with Crippen LogP contribution in [-0.4, -0.2) is 22.9 Å². The zero-order chi connectivity index (χ0) is 17.3. The van der Waals surface area contributed by atoms with Crippen molar-refractivity contribution in [3.63, 3.8) is 0 Å². The van der Waals surface area contributed by atoms with Crippen LogP contribution in [0.25, 0.3) is 11.0 Å². The number of nitro benzene ring substituents is 1. The number of imidazole rings is 1. The van der Waals surface area contributed by atoms with E-state index in [2.05, 4.69) is 9.71 Å². The topological polar surface area (TPSA) is 107 Å². The fraction of sp³-hybridized carbons (Fsp3) is 0.133. The number of non-ortho nitro benzene ring substituents is 1. The minimum atomic E-state index is -3.78. The Morgan fingerprint density at radius 3 is 2.46 bits per heavy atom. The number of hydrogen-bond acceptors (Lipinski definition) is 5. The molecular formula is C15H14N4O4S. The predicted octanol–water partition coefficient (Wildman–Crippen LogP) is 1.96. The van der Waals surface area contributed by atoms with E-state index in [0.717, 1.165) is 23.2 Å². The van der Waals surface area contributed by atoms with E-state index in [4.69, 9.17) is 0 Å². The molecule has 1 heterocycles. The maximum Gasteiger partial charge on any atom is 0.269 e. The van der Waals surface area contributed by atoms with Gasteiger partial charge in [-0.05, 0) is 24.3 Å². The molecule has 2 aromatic carbocycles. The Balaban J connectivity index is 1.81. The van der Waals surface area contributed by atoms with Gasteiger partial charge in [-0.2, -0.15) is 0 Å². The molecule has 0 aliphatic heterocycles. The Kier molecular flexibility index (Phi) is 4.04. The Labute approximate surface area is 138 Å². The number of sulfonamides is 1. The molecule has 0 aliphatic carbocycles. The van der Waals surface area contributed by atoms with E-state index in [1.807, 2.05) is 35.9 Å². The number of nitrogens with zero attached hydrogens (tertiary/aromatic N) is 3. The van der Waals surface area contributed by atoms with Gasteiger partial charge in [-0.1, -0.05) is 12.1 Å². The molecule has 3 rings (SSSR count). The van der Waals surface area contributed by atoms with Crippen molar-refractivity contribution in [2.75, 3.05) is 0 Å². The molecule has 0 atom stereocenters. The zero-order valence-electron chi connectivity index (χ0n) is 12.7. The van der Waals surface area contributed by atoms with Gasteiger partial charge >= 0.3 is 0 Å². The summed E-state index contributed by atoms with van der Waals surface area (Å²) in [6.45, 7) is 0.0184. The highest BCUT2D eigenvalue weighted by Gasteiger charge is 2.17. The van der Waals surface area contributed by atoms with E-state index in [0.29, 0.717) is 5.82 Å². The fourth-order valence-electron chi connectivity index (χ4n) is 2.34. The van der Waals surface area contributed by atoms with Gasteiger partial charge in [-0.15, -0.1) is 0 Å². The normalized spacial score (nSPS) is 11.7. The summed E-state index contributed by atoms with van der Waals surface area (Å²) in [7, 11) is -1.97. The quantitative estimate of drug-likeness (QED) is 0.561. The van der Waals surface area contributed by atoms with E-state index < -0.39 is 14.9 Å². The van der Waals surface area contributed by atoms with Crippen molar-refractivity contribution < 1.29 is 13.3 Å². The van der Waals surface area contributed by atoms with E-state index >= 15 is 0 Å². The molecule has 24 heavy (non-hydrogen) atoms. The molecule has 0 bridgehead atoms. The Morgan fingerprint density at radius 1 is 1.17 bits per heavy atom. The van der Waals surface area contributed by atoms with Gasteiger partial charge in [0.25, 0.3) is 5.69 Å². The van der Waals surface area contributed by atoms with E-state index in [1.165, 1.54) is 12.1 Å². The van der Waals surface area contributed by atoms with E-state index in [-0.39, 0.29) is 17.1 Å². The molecule has 0 saturated heterocycles. The summed E-state index contributed by atoms with van der Waals surface area (Å²) in [5.74, 6) is 0.571. The molecule has 124 valence electrons. The minimum Gasteiger partial charge on any atom is -0.330 e. The number of hydrogen-bond donors (Lipinski definition) is 1. The second-order valence-corrected chi connectivity index (χ2v) is 6.92. The van der Waals surface area contributed by atoms with Crippen LogP contribution in [0.3, 0.4) is 0 Å². The first-order valence-corrected chi connectivity index (χ1v) is 8.51. The Morgan fingerprint density at radius 2 is 1.83 bits per heavy atom. The molecule has 3 aromatic rings. The van der Waals surface area contributed by atoms with Gasteiger partial charge < -0.3 is 4.57 Å². The molecule has 0 aliphatic rings. The SMILES string of the molecule is Cn1c(CNS(=O)(=O)c2ccc([N+](=O)[O-])cc2)nc2ccccc21. The van der Waals surface area contributed by atoms with Crippen molar-refractivity contribution >= 4 is 26.7 Å². The van der Waals surface area contributed by atoms with Gasteiger partial charge in [0, 0.05) is 19.2 Å². The van der Waals surface area contributed by atoms with Gasteiger partial charge in [0.15, 0.2) is 0 Å². The van der Waals surface area contributed by atoms with Crippen molar-refractivity contribution in [3.8, 4) is 0 Å². The van der Waals surface area contributed by atoms with Crippen molar-refractivity contribution in [3.05, 3.63) is 64.5 Å². The van der Waals surface area contributed by atoms with Crippen LogP contribution in [0.1, 0.15) is 5.82 Å². The van der Waals surface area contributed by atoms with Crippen molar-refractivity contribution in [2.24, 2.45) is 7.05 Å². The summed E-state index contributed by atoms with van der Waals surface area (Å²) in [6, 6.07) is 12.2. The van der Waals surface area contributed by atoms with Crippen LogP contribution in [0.4, 0.5) is 5.69 Å². The second-order valence-electron chi connectivity index (χ2n) is 5.15. The number of para-hydroxylation sites is 2. The number of rotatable bonds is 5. The lowest BCUT2D eigenvalue weighted by Gasteiger charge is -2.07. The van der Waals surface area contributed by atoms with Crippen molar-refractivity contribution in [2.45, 2.75) is 11.4 Å². The molecule has 8 nitrogen and oxygen atoms in total. The van der Waals surface area contributed by atoms with Crippen molar-refractivity contribution in [1.82, 2.24) is 14.3 Å². The third-order valence-corrected chi connectivity index (χ3v) is 5.08. The molecule has 1 aromatic heterocycles. The first kappa shape index (κ1) is 16.1. The highest BCUT2D eigenvalue weighted by molar-refractivity contribution is 7.89. The highest BCUT2D eigenvalue weighted by Crippen LogP contribution is 2.17. The lowest BCUT2D eigenvalue weighted by atomic mass is 10.3. The molecule has 0 fully saturated rings. The van der Waals surface area contributed by atoms with E-state index in [1.54, 1.807) is 0 Å². The Hall–Kier alpha value is -2.78. The highest BCUT2D eigenvalue weighted by atomic mass is 32.2. The van der Waals surface area contributed by atoms with Crippen LogP contribution in [0.15, 0.2) is 53.4 Å². The first-order chi connectivity index (χ1) is 11.4. The zero-order valence-corrected chi connectivity index (χ0v) is 13.5. The molecule has 9 heteroatoms. The summed E-state index contributed by atoms with van der Waals surface area (Å²) in [4.78, 5) is 14.4. The average molecular weight is 346 g/mol. The molecule has 0 amide bonds. The summed E-state index contributed by atoms with van der Waals surface area (Å²) < 4.78 is 28.9. The summed E-state index contributed by atoms with van der Waals surface area (Å²) in [6.07, 6.45) is 0. The maximum atomic E-state index is 12.3. The van der Waals surface area contributed by atoms with Crippen LogP contribution >= 0.6 is 0 Å². The minimum absolute atomic E-state index is 0.0184. The lowest BCUT2D eigenvalue weighted by Crippen LogP contribution is -2.24. The molecule has 0 spiro atoms. The maximum absolute atomic E-state index is 12.3. The fourth-order valence-corrected chi connectivity index (χ4v) is 3.32.